The van der Waals surface area contributed by atoms with Gasteiger partial charge in [-0.25, -0.2) is 4.68 Å². The number of aryl methyl sites for hydroxylation is 1. The second-order valence-corrected chi connectivity index (χ2v) is 5.37. The number of aromatic hydroxyl groups is 1. The van der Waals surface area contributed by atoms with E-state index in [1.54, 1.807) is 37.3 Å². The maximum atomic E-state index is 12.2. The van der Waals surface area contributed by atoms with Gasteiger partial charge in [-0.1, -0.05) is 36.4 Å². The van der Waals surface area contributed by atoms with Gasteiger partial charge in [0.15, 0.2) is 11.4 Å². The molecule has 0 bridgehead atoms. The predicted octanol–water partition coefficient (Wildman–Crippen LogP) is 1.96. The van der Waals surface area contributed by atoms with Crippen LogP contribution in [0.1, 0.15) is 26.4 Å². The molecule has 3 N–H and O–H groups in total. The molecule has 126 valence electrons. The van der Waals surface area contributed by atoms with Gasteiger partial charge in [-0.05, 0) is 30.7 Å². The lowest BCUT2D eigenvalue weighted by Gasteiger charge is -2.08. The van der Waals surface area contributed by atoms with E-state index >= 15 is 0 Å². The molecule has 0 fully saturated rings. The number of amides is 2. The molecule has 1 heterocycles. The predicted molar refractivity (Wildman–Crippen MR) is 91.3 cm³/mol. The van der Waals surface area contributed by atoms with Crippen LogP contribution in [0.4, 0.5) is 0 Å². The smallest absolute Gasteiger partial charge is 0.294 e. The van der Waals surface area contributed by atoms with Crippen LogP contribution in [0, 0.1) is 6.92 Å². The molecule has 3 aromatic rings. The summed E-state index contributed by atoms with van der Waals surface area (Å²) in [5.74, 6) is -1.45. The number of benzene rings is 2. The van der Waals surface area contributed by atoms with Crippen LogP contribution in [0.25, 0.3) is 5.69 Å². The summed E-state index contributed by atoms with van der Waals surface area (Å²) in [6, 6.07) is 16.1. The zero-order valence-corrected chi connectivity index (χ0v) is 13.4. The monoisotopic (exact) mass is 336 g/mol. The first kappa shape index (κ1) is 16.3. The van der Waals surface area contributed by atoms with Crippen molar-refractivity contribution < 1.29 is 14.7 Å². The fourth-order valence-corrected chi connectivity index (χ4v) is 2.31. The van der Waals surface area contributed by atoms with E-state index in [1.165, 1.54) is 10.9 Å². The Bertz CT molecular complexity index is 919. The van der Waals surface area contributed by atoms with Crippen LogP contribution >= 0.6 is 0 Å². The van der Waals surface area contributed by atoms with Crippen LogP contribution in [0.2, 0.25) is 0 Å². The van der Waals surface area contributed by atoms with E-state index in [0.29, 0.717) is 11.3 Å². The van der Waals surface area contributed by atoms with E-state index in [-0.39, 0.29) is 11.4 Å². The topological polar surface area (TPSA) is 96.3 Å². The number of nitrogens with one attached hydrogen (secondary N) is 2. The van der Waals surface area contributed by atoms with E-state index in [4.69, 9.17) is 0 Å². The molecule has 0 saturated carbocycles. The third-order valence-electron chi connectivity index (χ3n) is 3.61. The van der Waals surface area contributed by atoms with Crippen molar-refractivity contribution in [1.82, 2.24) is 20.6 Å². The third-order valence-corrected chi connectivity index (χ3v) is 3.61. The molecule has 0 atom stereocenters. The average molecular weight is 336 g/mol. The summed E-state index contributed by atoms with van der Waals surface area (Å²) in [4.78, 5) is 24.3. The van der Waals surface area contributed by atoms with Crippen molar-refractivity contribution in [3.05, 3.63) is 77.6 Å². The number of hydrogen-bond donors (Lipinski definition) is 3. The van der Waals surface area contributed by atoms with E-state index in [9.17, 15) is 14.7 Å². The number of para-hydroxylation sites is 1. The summed E-state index contributed by atoms with van der Waals surface area (Å²) in [7, 11) is 0. The highest BCUT2D eigenvalue weighted by molar-refractivity contribution is 5.99. The minimum Gasteiger partial charge on any atom is -0.504 e. The third kappa shape index (κ3) is 3.50. The lowest BCUT2D eigenvalue weighted by Crippen LogP contribution is -2.42. The Morgan fingerprint density at radius 2 is 1.60 bits per heavy atom. The van der Waals surface area contributed by atoms with Gasteiger partial charge in [0.05, 0.1) is 11.9 Å². The number of aromatic nitrogens is 2. The zero-order valence-electron chi connectivity index (χ0n) is 13.4. The van der Waals surface area contributed by atoms with Crippen molar-refractivity contribution in [3.8, 4) is 11.4 Å². The van der Waals surface area contributed by atoms with Crippen molar-refractivity contribution in [2.75, 3.05) is 0 Å². The van der Waals surface area contributed by atoms with Crippen LogP contribution in [0.15, 0.2) is 60.8 Å². The van der Waals surface area contributed by atoms with Gasteiger partial charge >= 0.3 is 0 Å². The van der Waals surface area contributed by atoms with Gasteiger partial charge in [0, 0.05) is 5.56 Å². The van der Waals surface area contributed by atoms with Gasteiger partial charge in [0.2, 0.25) is 0 Å². The molecular formula is C18H16N4O3. The summed E-state index contributed by atoms with van der Waals surface area (Å²) in [5, 5.41) is 14.0. The fraction of sp³-hybridized carbons (Fsp3) is 0.0556. The van der Waals surface area contributed by atoms with Crippen LogP contribution in [-0.4, -0.2) is 26.7 Å². The maximum absolute atomic E-state index is 12.2. The minimum absolute atomic E-state index is 0.186. The Hall–Kier alpha value is -3.61. The molecule has 0 aliphatic heterocycles. The summed E-state index contributed by atoms with van der Waals surface area (Å²) in [6.07, 6.45) is 1.33. The minimum atomic E-state index is -0.714. The molecule has 2 aromatic carbocycles. The zero-order chi connectivity index (χ0) is 17.8. The second-order valence-electron chi connectivity index (χ2n) is 5.37. The summed E-state index contributed by atoms with van der Waals surface area (Å²) in [6.45, 7) is 1.80. The van der Waals surface area contributed by atoms with Crippen LogP contribution in [0.3, 0.4) is 0 Å². The standard InChI is InChI=1S/C18H16N4O3/c1-12-7-5-6-10-14(12)17(24)19-20-18(25)16-15(23)11-22(21-16)13-8-3-2-4-9-13/h2-11,23H,1H3,(H,19,24)(H,20,25). The quantitative estimate of drug-likeness (QED) is 0.637. The Morgan fingerprint density at radius 3 is 2.32 bits per heavy atom. The van der Waals surface area contributed by atoms with Gasteiger partial charge in [0.1, 0.15) is 0 Å². The molecular weight excluding hydrogens is 320 g/mol. The Morgan fingerprint density at radius 1 is 0.960 bits per heavy atom. The van der Waals surface area contributed by atoms with Crippen molar-refractivity contribution >= 4 is 11.8 Å². The van der Waals surface area contributed by atoms with Crippen molar-refractivity contribution in [2.45, 2.75) is 6.92 Å². The van der Waals surface area contributed by atoms with Gasteiger partial charge in [-0.15, -0.1) is 0 Å². The maximum Gasteiger partial charge on any atom is 0.294 e. The SMILES string of the molecule is Cc1ccccc1C(=O)NNC(=O)c1nn(-c2ccccc2)cc1O. The van der Waals surface area contributed by atoms with Gasteiger partial charge in [0.25, 0.3) is 11.8 Å². The highest BCUT2D eigenvalue weighted by atomic mass is 16.3. The highest BCUT2D eigenvalue weighted by Crippen LogP contribution is 2.17. The lowest BCUT2D eigenvalue weighted by molar-refractivity contribution is 0.0841. The van der Waals surface area contributed by atoms with Crippen LogP contribution < -0.4 is 10.9 Å². The Balaban J connectivity index is 1.71. The lowest BCUT2D eigenvalue weighted by atomic mass is 10.1. The van der Waals surface area contributed by atoms with Gasteiger partial charge < -0.3 is 5.11 Å². The molecule has 7 nitrogen and oxygen atoms in total. The largest absolute Gasteiger partial charge is 0.504 e. The molecule has 1 aromatic heterocycles. The molecule has 3 rings (SSSR count). The number of hydrogen-bond acceptors (Lipinski definition) is 4. The molecule has 0 aliphatic rings. The molecule has 0 aliphatic carbocycles. The van der Waals surface area contributed by atoms with E-state index in [2.05, 4.69) is 16.0 Å². The number of hydrazine groups is 1. The molecule has 25 heavy (non-hydrogen) atoms. The first-order valence-corrected chi connectivity index (χ1v) is 7.56. The molecule has 0 spiro atoms. The molecule has 0 saturated heterocycles. The van der Waals surface area contributed by atoms with Crippen molar-refractivity contribution in [3.63, 3.8) is 0 Å². The van der Waals surface area contributed by atoms with E-state index in [0.717, 1.165) is 5.56 Å². The molecule has 2 amide bonds. The summed E-state index contributed by atoms with van der Waals surface area (Å²) in [5.41, 5.74) is 6.31. The Kier molecular flexibility index (Phi) is 4.47. The van der Waals surface area contributed by atoms with E-state index in [1.807, 2.05) is 24.3 Å². The first-order chi connectivity index (χ1) is 12.1. The molecule has 7 heteroatoms. The van der Waals surface area contributed by atoms with Gasteiger partial charge in [-0.3, -0.25) is 20.4 Å². The van der Waals surface area contributed by atoms with Crippen LogP contribution in [-0.2, 0) is 0 Å². The highest BCUT2D eigenvalue weighted by Gasteiger charge is 2.18. The summed E-state index contributed by atoms with van der Waals surface area (Å²) < 4.78 is 1.38. The average Bonchev–Trinajstić information content (AvgIpc) is 3.02. The number of carbonyl (C=O) groups excluding carboxylic acids is 2. The summed E-state index contributed by atoms with van der Waals surface area (Å²) >= 11 is 0. The molecule has 0 radical (unpaired) electrons. The number of nitrogens with zero attached hydrogens (tertiary/aromatic N) is 2. The second kappa shape index (κ2) is 6.88. The fourth-order valence-electron chi connectivity index (χ4n) is 2.31. The van der Waals surface area contributed by atoms with Crippen LogP contribution in [0.5, 0.6) is 5.75 Å². The van der Waals surface area contributed by atoms with Crippen molar-refractivity contribution in [1.29, 1.82) is 0 Å². The number of rotatable bonds is 3. The first-order valence-electron chi connectivity index (χ1n) is 7.56. The van der Waals surface area contributed by atoms with Crippen molar-refractivity contribution in [2.24, 2.45) is 0 Å². The Labute approximate surface area is 143 Å². The van der Waals surface area contributed by atoms with Gasteiger partial charge in [-0.2, -0.15) is 5.10 Å². The normalized spacial score (nSPS) is 10.3. The van der Waals surface area contributed by atoms with E-state index < -0.39 is 11.8 Å². The molecule has 0 unspecified atom stereocenters. The number of carbonyl (C=O) groups is 2.